The highest BCUT2D eigenvalue weighted by Crippen LogP contribution is 2.18. The number of benzene rings is 4. The van der Waals surface area contributed by atoms with Gasteiger partial charge in [0.2, 0.25) is 0 Å². The molecule has 4 aromatic carbocycles. The highest BCUT2D eigenvalue weighted by atomic mass is 16.5. The summed E-state index contributed by atoms with van der Waals surface area (Å²) >= 11 is 0. The Morgan fingerprint density at radius 3 is 1.70 bits per heavy atom. The van der Waals surface area contributed by atoms with E-state index in [1.165, 1.54) is 11.1 Å². The molecule has 0 unspecified atom stereocenters. The molecule has 0 N–H and O–H groups in total. The normalized spacial score (nSPS) is 10.7. The lowest BCUT2D eigenvalue weighted by molar-refractivity contribution is 0.0472. The first-order chi connectivity index (χ1) is 17.8. The summed E-state index contributed by atoms with van der Waals surface area (Å²) in [6.45, 7) is 9.27. The molecule has 4 heteroatoms. The van der Waals surface area contributed by atoms with Crippen molar-refractivity contribution in [1.29, 1.82) is 0 Å². The molecule has 0 saturated carbocycles. The van der Waals surface area contributed by atoms with Gasteiger partial charge in [-0.1, -0.05) is 89.0 Å². The minimum atomic E-state index is -0.330. The van der Waals surface area contributed by atoms with Crippen molar-refractivity contribution in [2.24, 2.45) is 0 Å². The topological polar surface area (TPSA) is 46.6 Å². The third-order valence-electron chi connectivity index (χ3n) is 6.19. The number of nitrogens with zero attached hydrogens (tertiary/aromatic N) is 1. The summed E-state index contributed by atoms with van der Waals surface area (Å²) < 4.78 is 5.54. The fraction of sp³-hybridized carbons (Fsp3) is 0.212. The molecule has 0 radical (unpaired) electrons. The molecule has 0 spiro atoms. The van der Waals surface area contributed by atoms with E-state index in [0.717, 1.165) is 27.8 Å². The van der Waals surface area contributed by atoms with Gasteiger partial charge in [-0.2, -0.15) is 0 Å². The number of esters is 1. The van der Waals surface area contributed by atoms with Crippen LogP contribution < -0.4 is 0 Å². The van der Waals surface area contributed by atoms with Gasteiger partial charge in [0.25, 0.3) is 5.91 Å². The summed E-state index contributed by atoms with van der Waals surface area (Å²) in [7, 11) is 0. The minimum absolute atomic E-state index is 0.00814. The number of hydrogen-bond donors (Lipinski definition) is 0. The summed E-state index contributed by atoms with van der Waals surface area (Å²) in [5.41, 5.74) is 8.69. The summed E-state index contributed by atoms with van der Waals surface area (Å²) in [4.78, 5) is 27.8. The molecule has 188 valence electrons. The lowest BCUT2D eigenvalue weighted by Gasteiger charge is -2.24. The van der Waals surface area contributed by atoms with Crippen LogP contribution in [0.3, 0.4) is 0 Å². The summed E-state index contributed by atoms with van der Waals surface area (Å²) in [5, 5.41) is 0. The van der Waals surface area contributed by atoms with Gasteiger partial charge in [-0.05, 0) is 68.7 Å². The molecule has 0 saturated heterocycles. The van der Waals surface area contributed by atoms with Crippen molar-refractivity contribution in [3.63, 3.8) is 0 Å². The average Bonchev–Trinajstić information content (AvgIpc) is 2.86. The van der Waals surface area contributed by atoms with Gasteiger partial charge in [-0.25, -0.2) is 4.79 Å². The van der Waals surface area contributed by atoms with Gasteiger partial charge < -0.3 is 9.64 Å². The van der Waals surface area contributed by atoms with E-state index in [1.54, 1.807) is 0 Å². The van der Waals surface area contributed by atoms with Crippen molar-refractivity contribution in [2.75, 3.05) is 0 Å². The van der Waals surface area contributed by atoms with E-state index >= 15 is 0 Å². The van der Waals surface area contributed by atoms with Gasteiger partial charge in [0, 0.05) is 18.7 Å². The second-order valence-electron chi connectivity index (χ2n) is 9.79. The van der Waals surface area contributed by atoms with Crippen molar-refractivity contribution in [1.82, 2.24) is 4.90 Å². The monoisotopic (exact) mass is 491 g/mol. The lowest BCUT2D eigenvalue weighted by Crippen LogP contribution is -2.30. The van der Waals surface area contributed by atoms with E-state index in [-0.39, 0.29) is 18.5 Å². The maximum atomic E-state index is 13.4. The van der Waals surface area contributed by atoms with Crippen molar-refractivity contribution in [3.8, 4) is 0 Å². The Morgan fingerprint density at radius 2 is 1.11 bits per heavy atom. The summed E-state index contributed by atoms with van der Waals surface area (Å²) in [5.74, 6) is -0.338. The van der Waals surface area contributed by atoms with Crippen LogP contribution >= 0.6 is 0 Å². The zero-order valence-electron chi connectivity index (χ0n) is 22.0. The maximum absolute atomic E-state index is 13.4. The standard InChI is InChI=1S/C33H33NO3/c1-23-14-24(2)17-29(16-23)21-34(32(35)30-8-6-5-7-9-30)20-27-10-12-28(13-11-27)22-37-33(36)31-18-25(3)15-26(4)19-31/h5-19H,20-22H2,1-4H3. The molecule has 0 fully saturated rings. The predicted octanol–water partition coefficient (Wildman–Crippen LogP) is 7.12. The van der Waals surface area contributed by atoms with Crippen molar-refractivity contribution >= 4 is 11.9 Å². The van der Waals surface area contributed by atoms with Crippen LogP contribution in [-0.2, 0) is 24.4 Å². The third kappa shape index (κ3) is 7.17. The third-order valence-corrected chi connectivity index (χ3v) is 6.19. The molecule has 0 atom stereocenters. The quantitative estimate of drug-likeness (QED) is 0.247. The molecule has 4 aromatic rings. The number of carbonyl (C=O) groups excluding carboxylic acids is 2. The fourth-order valence-electron chi connectivity index (χ4n) is 4.63. The van der Waals surface area contributed by atoms with Crippen LogP contribution in [0.2, 0.25) is 0 Å². The molecule has 37 heavy (non-hydrogen) atoms. The highest BCUT2D eigenvalue weighted by molar-refractivity contribution is 5.94. The maximum Gasteiger partial charge on any atom is 0.338 e. The Bertz CT molecular complexity index is 1350. The van der Waals surface area contributed by atoms with E-state index in [1.807, 2.05) is 91.5 Å². The number of hydrogen-bond acceptors (Lipinski definition) is 3. The first kappa shape index (κ1) is 25.9. The van der Waals surface area contributed by atoms with Gasteiger partial charge >= 0.3 is 5.97 Å². The fourth-order valence-corrected chi connectivity index (χ4v) is 4.63. The Balaban J connectivity index is 1.46. The first-order valence-corrected chi connectivity index (χ1v) is 12.5. The van der Waals surface area contributed by atoms with Gasteiger partial charge in [0.15, 0.2) is 0 Å². The smallest absolute Gasteiger partial charge is 0.338 e. The van der Waals surface area contributed by atoms with E-state index < -0.39 is 0 Å². The number of amides is 1. The molecule has 0 aliphatic heterocycles. The number of rotatable bonds is 8. The van der Waals surface area contributed by atoms with Crippen molar-refractivity contribution < 1.29 is 14.3 Å². The van der Waals surface area contributed by atoms with E-state index in [9.17, 15) is 9.59 Å². The SMILES string of the molecule is Cc1cc(C)cc(CN(Cc2ccc(COC(=O)c3cc(C)cc(C)c3)cc2)C(=O)c2ccccc2)c1. The largest absolute Gasteiger partial charge is 0.457 e. The molecule has 0 aliphatic rings. The molecule has 1 amide bonds. The van der Waals surface area contributed by atoms with Gasteiger partial charge in [-0.15, -0.1) is 0 Å². The van der Waals surface area contributed by atoms with Crippen molar-refractivity contribution in [3.05, 3.63) is 141 Å². The molecular formula is C33H33NO3. The second kappa shape index (κ2) is 11.7. The number of aryl methyl sites for hydroxylation is 4. The van der Waals surface area contributed by atoms with E-state index in [2.05, 4.69) is 32.0 Å². The van der Waals surface area contributed by atoms with Crippen molar-refractivity contribution in [2.45, 2.75) is 47.4 Å². The Hall–Kier alpha value is -4.18. The molecule has 0 aliphatic carbocycles. The van der Waals surface area contributed by atoms with Gasteiger partial charge in [0.1, 0.15) is 6.61 Å². The van der Waals surface area contributed by atoms with Crippen LogP contribution in [0, 0.1) is 27.7 Å². The molecule has 4 nitrogen and oxygen atoms in total. The summed E-state index contributed by atoms with van der Waals surface area (Å²) in [6.07, 6.45) is 0. The van der Waals surface area contributed by atoms with Crippen LogP contribution in [0.25, 0.3) is 0 Å². The van der Waals surface area contributed by atoms with Gasteiger partial charge in [0.05, 0.1) is 5.56 Å². The molecule has 0 bridgehead atoms. The van der Waals surface area contributed by atoms with Crippen LogP contribution in [0.1, 0.15) is 59.7 Å². The molecular weight excluding hydrogens is 458 g/mol. The van der Waals surface area contributed by atoms with Crippen LogP contribution in [0.5, 0.6) is 0 Å². The molecule has 0 heterocycles. The Labute approximate surface area is 219 Å². The Morgan fingerprint density at radius 1 is 0.595 bits per heavy atom. The zero-order valence-corrected chi connectivity index (χ0v) is 22.0. The van der Waals surface area contributed by atoms with Crippen LogP contribution in [-0.4, -0.2) is 16.8 Å². The van der Waals surface area contributed by atoms with Crippen LogP contribution in [0.15, 0.2) is 91.0 Å². The average molecular weight is 492 g/mol. The lowest BCUT2D eigenvalue weighted by atomic mass is 10.1. The van der Waals surface area contributed by atoms with Gasteiger partial charge in [-0.3, -0.25) is 4.79 Å². The predicted molar refractivity (Wildman–Crippen MR) is 147 cm³/mol. The molecule has 0 aromatic heterocycles. The minimum Gasteiger partial charge on any atom is -0.457 e. The first-order valence-electron chi connectivity index (χ1n) is 12.5. The highest BCUT2D eigenvalue weighted by Gasteiger charge is 2.17. The number of carbonyl (C=O) groups is 2. The molecule has 4 rings (SSSR count). The second-order valence-corrected chi connectivity index (χ2v) is 9.79. The van der Waals surface area contributed by atoms with E-state index in [0.29, 0.717) is 24.2 Å². The zero-order chi connectivity index (χ0) is 26.4. The summed E-state index contributed by atoms with van der Waals surface area (Å²) in [6, 6.07) is 29.4. The number of ether oxygens (including phenoxy) is 1. The van der Waals surface area contributed by atoms with E-state index in [4.69, 9.17) is 4.74 Å². The van der Waals surface area contributed by atoms with Crippen LogP contribution in [0.4, 0.5) is 0 Å². The Kier molecular flexibility index (Phi) is 8.19.